The van der Waals surface area contributed by atoms with E-state index in [2.05, 4.69) is 29.2 Å². The summed E-state index contributed by atoms with van der Waals surface area (Å²) in [6.45, 7) is 10.7. The quantitative estimate of drug-likeness (QED) is 0.645. The van der Waals surface area contributed by atoms with Crippen LogP contribution >= 0.6 is 0 Å². The molecule has 0 spiro atoms. The highest BCUT2D eigenvalue weighted by Gasteiger charge is 2.01. The number of aromatic nitrogens is 2. The van der Waals surface area contributed by atoms with E-state index in [0.717, 1.165) is 39.3 Å². The zero-order chi connectivity index (χ0) is 10.9. The number of hydrogen-bond acceptors (Lipinski definition) is 3. The van der Waals surface area contributed by atoms with E-state index >= 15 is 0 Å². The van der Waals surface area contributed by atoms with E-state index in [1.54, 1.807) is 0 Å². The Morgan fingerprint density at radius 1 is 1.33 bits per heavy atom. The molecule has 1 heterocycles. The summed E-state index contributed by atoms with van der Waals surface area (Å²) in [5.41, 5.74) is 0. The van der Waals surface area contributed by atoms with Gasteiger partial charge < -0.3 is 10.2 Å². The zero-order valence-corrected chi connectivity index (χ0v) is 9.82. The normalized spacial score (nSPS) is 11.1. The first-order valence-corrected chi connectivity index (χ1v) is 5.77. The highest BCUT2D eigenvalue weighted by molar-refractivity contribution is 4.77. The molecule has 1 N–H and O–H groups in total. The van der Waals surface area contributed by atoms with Crippen LogP contribution in [0.15, 0.2) is 18.5 Å². The summed E-state index contributed by atoms with van der Waals surface area (Å²) in [5, 5.41) is 7.54. The molecule has 0 fully saturated rings. The third-order valence-electron chi connectivity index (χ3n) is 2.51. The first-order valence-electron chi connectivity index (χ1n) is 5.77. The molecular weight excluding hydrogens is 188 g/mol. The number of nitrogens with one attached hydrogen (secondary N) is 1. The number of rotatable bonds is 8. The van der Waals surface area contributed by atoms with E-state index in [1.165, 1.54) is 0 Å². The number of likely N-dealkylation sites (N-methyl/N-ethyl adjacent to an activating group) is 2. The van der Waals surface area contributed by atoms with Crippen molar-refractivity contribution in [1.29, 1.82) is 0 Å². The molecule has 0 unspecified atom stereocenters. The molecule has 15 heavy (non-hydrogen) atoms. The highest BCUT2D eigenvalue weighted by Crippen LogP contribution is 1.90. The molecule has 4 heteroatoms. The van der Waals surface area contributed by atoms with Crippen LogP contribution < -0.4 is 5.32 Å². The molecule has 1 aromatic rings. The van der Waals surface area contributed by atoms with Crippen LogP contribution in [0.2, 0.25) is 0 Å². The van der Waals surface area contributed by atoms with Crippen LogP contribution in [0, 0.1) is 0 Å². The minimum atomic E-state index is 0.979. The zero-order valence-electron chi connectivity index (χ0n) is 9.82. The second-order valence-electron chi connectivity index (χ2n) is 3.56. The Morgan fingerprint density at radius 3 is 2.80 bits per heavy atom. The second-order valence-corrected chi connectivity index (χ2v) is 3.56. The molecule has 4 nitrogen and oxygen atoms in total. The molecule has 0 bridgehead atoms. The van der Waals surface area contributed by atoms with Crippen LogP contribution in [-0.4, -0.2) is 47.4 Å². The largest absolute Gasteiger partial charge is 0.316 e. The molecule has 86 valence electrons. The summed E-state index contributed by atoms with van der Waals surface area (Å²) in [5.74, 6) is 0. The van der Waals surface area contributed by atoms with E-state index in [-0.39, 0.29) is 0 Å². The monoisotopic (exact) mass is 210 g/mol. The molecule has 0 aliphatic carbocycles. The third kappa shape index (κ3) is 4.95. The van der Waals surface area contributed by atoms with Crippen molar-refractivity contribution >= 4 is 0 Å². The van der Waals surface area contributed by atoms with E-state index in [0.29, 0.717) is 0 Å². The van der Waals surface area contributed by atoms with Gasteiger partial charge in [-0.25, -0.2) is 0 Å². The van der Waals surface area contributed by atoms with E-state index in [4.69, 9.17) is 0 Å². The van der Waals surface area contributed by atoms with Crippen LogP contribution in [0.4, 0.5) is 0 Å². The van der Waals surface area contributed by atoms with Gasteiger partial charge in [0.1, 0.15) is 0 Å². The van der Waals surface area contributed by atoms with Crippen molar-refractivity contribution in [2.75, 3.05) is 32.7 Å². The highest BCUT2D eigenvalue weighted by atomic mass is 15.3. The molecular formula is C11H22N4. The van der Waals surface area contributed by atoms with Gasteiger partial charge in [0, 0.05) is 32.0 Å². The Kier molecular flexibility index (Phi) is 6.04. The molecule has 0 atom stereocenters. The van der Waals surface area contributed by atoms with Gasteiger partial charge in [0.25, 0.3) is 0 Å². The van der Waals surface area contributed by atoms with Crippen molar-refractivity contribution < 1.29 is 0 Å². The maximum Gasteiger partial charge on any atom is 0.0536 e. The lowest BCUT2D eigenvalue weighted by Gasteiger charge is -2.20. The van der Waals surface area contributed by atoms with Crippen LogP contribution in [0.3, 0.4) is 0 Å². The Hall–Kier alpha value is -0.870. The van der Waals surface area contributed by atoms with Gasteiger partial charge in [-0.3, -0.25) is 4.68 Å². The standard InChI is InChI=1S/C11H22N4/c1-3-12-7-9-14(4-2)10-11-15-8-5-6-13-15/h5-6,8,12H,3-4,7,9-11H2,1-2H3. The van der Waals surface area contributed by atoms with E-state index in [1.807, 2.05) is 23.1 Å². The number of hydrogen-bond donors (Lipinski definition) is 1. The predicted molar refractivity (Wildman–Crippen MR) is 62.9 cm³/mol. The van der Waals surface area contributed by atoms with Crippen molar-refractivity contribution in [3.05, 3.63) is 18.5 Å². The molecule has 1 rings (SSSR count). The lowest BCUT2D eigenvalue weighted by Crippen LogP contribution is -2.34. The van der Waals surface area contributed by atoms with E-state index < -0.39 is 0 Å². The molecule has 0 saturated carbocycles. The fraction of sp³-hybridized carbons (Fsp3) is 0.727. The van der Waals surface area contributed by atoms with Crippen molar-refractivity contribution in [3.8, 4) is 0 Å². The minimum absolute atomic E-state index is 0.979. The Balaban J connectivity index is 2.16. The summed E-state index contributed by atoms with van der Waals surface area (Å²) < 4.78 is 1.98. The molecule has 0 saturated heterocycles. The van der Waals surface area contributed by atoms with Gasteiger partial charge in [0.15, 0.2) is 0 Å². The topological polar surface area (TPSA) is 33.1 Å². The number of nitrogens with zero attached hydrogens (tertiary/aromatic N) is 3. The third-order valence-corrected chi connectivity index (χ3v) is 2.51. The van der Waals surface area contributed by atoms with Crippen LogP contribution in [0.1, 0.15) is 13.8 Å². The van der Waals surface area contributed by atoms with Crippen molar-refractivity contribution in [2.24, 2.45) is 0 Å². The van der Waals surface area contributed by atoms with Gasteiger partial charge in [0.05, 0.1) is 6.54 Å². The van der Waals surface area contributed by atoms with Gasteiger partial charge in [-0.15, -0.1) is 0 Å². The Bertz CT molecular complexity index is 233. The van der Waals surface area contributed by atoms with Crippen molar-refractivity contribution in [3.63, 3.8) is 0 Å². The molecule has 0 aliphatic rings. The summed E-state index contributed by atoms with van der Waals surface area (Å²) in [4.78, 5) is 2.43. The fourth-order valence-electron chi connectivity index (χ4n) is 1.52. The molecule has 0 aromatic carbocycles. The lowest BCUT2D eigenvalue weighted by molar-refractivity contribution is 0.271. The van der Waals surface area contributed by atoms with Crippen molar-refractivity contribution in [2.45, 2.75) is 20.4 Å². The van der Waals surface area contributed by atoms with Gasteiger partial charge in [-0.1, -0.05) is 13.8 Å². The molecule has 0 amide bonds. The first kappa shape index (κ1) is 12.2. The van der Waals surface area contributed by atoms with Gasteiger partial charge in [-0.05, 0) is 19.2 Å². The Labute approximate surface area is 92.3 Å². The Morgan fingerprint density at radius 2 is 2.20 bits per heavy atom. The average molecular weight is 210 g/mol. The van der Waals surface area contributed by atoms with Gasteiger partial charge in [-0.2, -0.15) is 5.10 Å². The van der Waals surface area contributed by atoms with Crippen molar-refractivity contribution in [1.82, 2.24) is 20.0 Å². The van der Waals surface area contributed by atoms with Crippen LogP contribution in [-0.2, 0) is 6.54 Å². The maximum absolute atomic E-state index is 4.19. The molecule has 1 aromatic heterocycles. The maximum atomic E-state index is 4.19. The second kappa shape index (κ2) is 7.43. The first-order chi connectivity index (χ1) is 7.36. The minimum Gasteiger partial charge on any atom is -0.316 e. The van der Waals surface area contributed by atoms with Crippen LogP contribution in [0.5, 0.6) is 0 Å². The lowest BCUT2D eigenvalue weighted by atomic mass is 10.4. The van der Waals surface area contributed by atoms with Crippen LogP contribution in [0.25, 0.3) is 0 Å². The summed E-state index contributed by atoms with van der Waals surface area (Å²) in [6.07, 6.45) is 3.84. The fourth-order valence-corrected chi connectivity index (χ4v) is 1.52. The summed E-state index contributed by atoms with van der Waals surface area (Å²) >= 11 is 0. The summed E-state index contributed by atoms with van der Waals surface area (Å²) in [7, 11) is 0. The SMILES string of the molecule is CCNCCN(CC)CCn1cccn1. The summed E-state index contributed by atoms with van der Waals surface area (Å²) in [6, 6.07) is 1.97. The predicted octanol–water partition coefficient (Wildman–Crippen LogP) is 0.814. The van der Waals surface area contributed by atoms with Gasteiger partial charge >= 0.3 is 0 Å². The molecule has 0 radical (unpaired) electrons. The smallest absolute Gasteiger partial charge is 0.0536 e. The van der Waals surface area contributed by atoms with E-state index in [9.17, 15) is 0 Å². The molecule has 0 aliphatic heterocycles. The van der Waals surface area contributed by atoms with Gasteiger partial charge in [0.2, 0.25) is 0 Å². The average Bonchev–Trinajstić information content (AvgIpc) is 2.76.